The van der Waals surface area contributed by atoms with Gasteiger partial charge in [-0.25, -0.2) is 9.50 Å². The fourth-order valence-corrected chi connectivity index (χ4v) is 1.95. The zero-order valence-electron chi connectivity index (χ0n) is 8.84. The van der Waals surface area contributed by atoms with Crippen LogP contribution < -0.4 is 5.73 Å². The maximum absolute atomic E-state index is 5.98. The van der Waals surface area contributed by atoms with Crippen LogP contribution in [-0.2, 0) is 0 Å². The summed E-state index contributed by atoms with van der Waals surface area (Å²) in [7, 11) is 0. The van der Waals surface area contributed by atoms with Crippen LogP contribution in [0, 0.1) is 0 Å². The predicted octanol–water partition coefficient (Wildman–Crippen LogP) is 2.63. The molecule has 0 aliphatic carbocycles. The van der Waals surface area contributed by atoms with Gasteiger partial charge < -0.3 is 5.73 Å². The zero-order chi connectivity index (χ0) is 11.8. The van der Waals surface area contributed by atoms with E-state index in [0.29, 0.717) is 5.15 Å². The molecule has 2 heterocycles. The summed E-state index contributed by atoms with van der Waals surface area (Å²) >= 11 is 5.98. The van der Waals surface area contributed by atoms with E-state index in [4.69, 9.17) is 17.3 Å². The number of rotatable bonds is 1. The summed E-state index contributed by atoms with van der Waals surface area (Å²) in [6, 6.07) is 9.38. The van der Waals surface area contributed by atoms with Crippen molar-refractivity contribution in [1.82, 2.24) is 14.6 Å². The Balaban J connectivity index is 2.28. The van der Waals surface area contributed by atoms with Crippen molar-refractivity contribution in [3.05, 3.63) is 47.9 Å². The maximum atomic E-state index is 5.98. The lowest BCUT2D eigenvalue weighted by atomic mass is 10.1. The van der Waals surface area contributed by atoms with Crippen LogP contribution in [0.4, 0.5) is 5.69 Å². The van der Waals surface area contributed by atoms with Crippen LogP contribution in [0.25, 0.3) is 16.8 Å². The van der Waals surface area contributed by atoms with E-state index in [2.05, 4.69) is 10.1 Å². The van der Waals surface area contributed by atoms with E-state index in [1.165, 1.54) is 0 Å². The molecule has 0 fully saturated rings. The van der Waals surface area contributed by atoms with Gasteiger partial charge in [-0.05, 0) is 23.8 Å². The molecule has 0 aliphatic heterocycles. The second kappa shape index (κ2) is 3.75. The fourth-order valence-electron chi connectivity index (χ4n) is 1.76. The summed E-state index contributed by atoms with van der Waals surface area (Å²) in [4.78, 5) is 4.27. The van der Waals surface area contributed by atoms with Gasteiger partial charge in [0.25, 0.3) is 0 Å². The molecule has 0 unspecified atom stereocenters. The minimum Gasteiger partial charge on any atom is -0.399 e. The first-order chi connectivity index (χ1) is 8.24. The van der Waals surface area contributed by atoms with E-state index in [9.17, 15) is 0 Å². The molecule has 3 rings (SSSR count). The first-order valence-electron chi connectivity index (χ1n) is 5.10. The number of nitrogens with two attached hydrogens (primary N) is 1. The lowest BCUT2D eigenvalue weighted by Crippen LogP contribution is -1.94. The molecule has 17 heavy (non-hydrogen) atoms. The van der Waals surface area contributed by atoms with Gasteiger partial charge in [-0.1, -0.05) is 23.7 Å². The SMILES string of the molecule is Nc1ccc(-c2cc(Cl)nn3ccnc23)cc1. The second-order valence-corrected chi connectivity index (χ2v) is 4.09. The minimum absolute atomic E-state index is 0.433. The molecule has 4 nitrogen and oxygen atoms in total. The maximum Gasteiger partial charge on any atom is 0.161 e. The smallest absolute Gasteiger partial charge is 0.161 e. The number of anilines is 1. The highest BCUT2D eigenvalue weighted by atomic mass is 35.5. The van der Waals surface area contributed by atoms with Crippen molar-refractivity contribution < 1.29 is 0 Å². The van der Waals surface area contributed by atoms with Crippen molar-refractivity contribution >= 4 is 22.9 Å². The number of hydrogen-bond acceptors (Lipinski definition) is 3. The molecule has 0 amide bonds. The molecular weight excluding hydrogens is 236 g/mol. The Kier molecular flexibility index (Phi) is 2.23. The number of hydrogen-bond donors (Lipinski definition) is 1. The van der Waals surface area contributed by atoms with Crippen molar-refractivity contribution in [3.8, 4) is 11.1 Å². The van der Waals surface area contributed by atoms with Gasteiger partial charge in [-0.15, -0.1) is 0 Å². The second-order valence-electron chi connectivity index (χ2n) is 3.70. The Morgan fingerprint density at radius 2 is 1.94 bits per heavy atom. The lowest BCUT2D eigenvalue weighted by molar-refractivity contribution is 0.938. The average Bonchev–Trinajstić information content (AvgIpc) is 2.77. The number of imidazole rings is 1. The van der Waals surface area contributed by atoms with Crippen LogP contribution in [0.2, 0.25) is 5.15 Å². The summed E-state index contributed by atoms with van der Waals surface area (Å²) in [5, 5.41) is 4.57. The third-order valence-corrected chi connectivity index (χ3v) is 2.74. The number of nitrogens with zero attached hydrogens (tertiary/aromatic N) is 3. The van der Waals surface area contributed by atoms with Crippen molar-refractivity contribution in [3.63, 3.8) is 0 Å². The molecule has 5 heteroatoms. The zero-order valence-corrected chi connectivity index (χ0v) is 9.59. The highest BCUT2D eigenvalue weighted by molar-refractivity contribution is 6.29. The van der Waals surface area contributed by atoms with Gasteiger partial charge in [0, 0.05) is 23.6 Å². The van der Waals surface area contributed by atoms with Crippen molar-refractivity contribution in [2.75, 3.05) is 5.73 Å². The molecule has 0 atom stereocenters. The van der Waals surface area contributed by atoms with E-state index in [1.807, 2.05) is 24.3 Å². The molecule has 0 spiro atoms. The van der Waals surface area contributed by atoms with Crippen LogP contribution >= 0.6 is 11.6 Å². The van der Waals surface area contributed by atoms with E-state index < -0.39 is 0 Å². The van der Waals surface area contributed by atoms with Crippen LogP contribution in [0.1, 0.15) is 0 Å². The molecule has 2 N–H and O–H groups in total. The summed E-state index contributed by atoms with van der Waals surface area (Å²) in [5.74, 6) is 0. The first-order valence-corrected chi connectivity index (χ1v) is 5.47. The van der Waals surface area contributed by atoms with Crippen molar-refractivity contribution in [2.45, 2.75) is 0 Å². The van der Waals surface area contributed by atoms with Crippen LogP contribution in [0.5, 0.6) is 0 Å². The van der Waals surface area contributed by atoms with Crippen molar-refractivity contribution in [2.24, 2.45) is 0 Å². The molecular formula is C12H9ClN4. The summed E-state index contributed by atoms with van der Waals surface area (Å²) in [6.07, 6.45) is 3.46. The van der Waals surface area contributed by atoms with Crippen LogP contribution in [-0.4, -0.2) is 14.6 Å². The summed E-state index contributed by atoms with van der Waals surface area (Å²) < 4.78 is 1.66. The van der Waals surface area contributed by atoms with Crippen LogP contribution in [0.3, 0.4) is 0 Å². The van der Waals surface area contributed by atoms with E-state index in [0.717, 1.165) is 22.5 Å². The third kappa shape index (κ3) is 1.72. The van der Waals surface area contributed by atoms with E-state index in [1.54, 1.807) is 23.0 Å². The van der Waals surface area contributed by atoms with Gasteiger partial charge in [-0.2, -0.15) is 5.10 Å². The molecule has 84 valence electrons. The highest BCUT2D eigenvalue weighted by Gasteiger charge is 2.07. The lowest BCUT2D eigenvalue weighted by Gasteiger charge is -2.04. The Morgan fingerprint density at radius 1 is 1.18 bits per heavy atom. The highest BCUT2D eigenvalue weighted by Crippen LogP contribution is 2.26. The largest absolute Gasteiger partial charge is 0.399 e. The number of halogens is 1. The van der Waals surface area contributed by atoms with Crippen LogP contribution in [0.15, 0.2) is 42.7 Å². The van der Waals surface area contributed by atoms with Gasteiger partial charge in [0.15, 0.2) is 10.8 Å². The minimum atomic E-state index is 0.433. The quantitative estimate of drug-likeness (QED) is 0.670. The number of fused-ring (bicyclic) bond motifs is 1. The molecule has 3 aromatic rings. The monoisotopic (exact) mass is 244 g/mol. The third-order valence-electron chi connectivity index (χ3n) is 2.55. The first kappa shape index (κ1) is 10.1. The summed E-state index contributed by atoms with van der Waals surface area (Å²) in [6.45, 7) is 0. The number of nitrogen functional groups attached to an aromatic ring is 1. The van der Waals surface area contributed by atoms with Gasteiger partial charge in [0.05, 0.1) is 0 Å². The van der Waals surface area contributed by atoms with Crippen molar-refractivity contribution in [1.29, 1.82) is 0 Å². The molecule has 0 bridgehead atoms. The number of benzene rings is 1. The molecule has 0 saturated carbocycles. The Labute approximate surface area is 103 Å². The molecule has 1 aromatic carbocycles. The fraction of sp³-hybridized carbons (Fsp3) is 0. The normalized spacial score (nSPS) is 10.9. The molecule has 0 saturated heterocycles. The van der Waals surface area contributed by atoms with Gasteiger partial charge >= 0.3 is 0 Å². The van der Waals surface area contributed by atoms with Gasteiger partial charge in [-0.3, -0.25) is 0 Å². The topological polar surface area (TPSA) is 56.2 Å². The van der Waals surface area contributed by atoms with Gasteiger partial charge in [0.2, 0.25) is 0 Å². The Bertz CT molecular complexity index is 673. The summed E-state index contributed by atoms with van der Waals surface area (Å²) in [5.41, 5.74) is 9.13. The Morgan fingerprint density at radius 3 is 2.71 bits per heavy atom. The standard InChI is InChI=1S/C12H9ClN4/c13-11-7-10(8-1-3-9(14)4-2-8)12-15-5-6-17(12)16-11/h1-7H,14H2. The molecule has 0 aliphatic rings. The number of aromatic nitrogens is 3. The Hall–Kier alpha value is -2.07. The molecule has 0 radical (unpaired) electrons. The van der Waals surface area contributed by atoms with E-state index >= 15 is 0 Å². The van der Waals surface area contributed by atoms with E-state index in [-0.39, 0.29) is 0 Å². The average molecular weight is 245 g/mol. The predicted molar refractivity (Wildman–Crippen MR) is 67.8 cm³/mol. The van der Waals surface area contributed by atoms with Gasteiger partial charge in [0.1, 0.15) is 0 Å². The molecule has 2 aromatic heterocycles.